The van der Waals surface area contributed by atoms with Crippen molar-refractivity contribution in [2.75, 3.05) is 11.1 Å². The number of nitrogens with two attached hydrogens (primary N) is 1. The Hall–Kier alpha value is -1.83. The molecular weight excluding hydrogens is 253 g/mol. The van der Waals surface area contributed by atoms with Crippen LogP contribution in [0, 0.1) is 0 Å². The molecule has 0 unspecified atom stereocenters. The molecule has 2 aromatic heterocycles. The van der Waals surface area contributed by atoms with Gasteiger partial charge in [0.05, 0.1) is 5.69 Å². The summed E-state index contributed by atoms with van der Waals surface area (Å²) in [6.07, 6.45) is -4.61. The number of halogens is 3. The Kier molecular flexibility index (Phi) is 2.88. The average molecular weight is 260 g/mol. The average Bonchev–Trinajstić information content (AvgIpc) is 2.68. The second-order valence-electron chi connectivity index (χ2n) is 3.14. The number of nitrogen functional groups attached to an aromatic ring is 1. The van der Waals surface area contributed by atoms with Crippen molar-refractivity contribution in [2.45, 2.75) is 6.18 Å². The molecule has 0 saturated heterocycles. The fraction of sp³-hybridized carbons (Fsp3) is 0.111. The predicted octanol–water partition coefficient (Wildman–Crippen LogP) is 2.88. The zero-order chi connectivity index (χ0) is 12.5. The maximum Gasteiger partial charge on any atom is 0.451 e. The Morgan fingerprint density at radius 3 is 2.65 bits per heavy atom. The van der Waals surface area contributed by atoms with Crippen molar-refractivity contribution >= 4 is 28.7 Å². The van der Waals surface area contributed by atoms with E-state index in [-0.39, 0.29) is 11.6 Å². The number of thiophene rings is 1. The molecule has 2 heterocycles. The van der Waals surface area contributed by atoms with E-state index in [0.29, 0.717) is 5.69 Å². The minimum Gasteiger partial charge on any atom is -0.384 e. The first-order chi connectivity index (χ1) is 7.95. The quantitative estimate of drug-likeness (QED) is 0.871. The molecule has 0 aliphatic heterocycles. The fourth-order valence-corrected chi connectivity index (χ4v) is 1.73. The summed E-state index contributed by atoms with van der Waals surface area (Å²) < 4.78 is 37.3. The third-order valence-corrected chi connectivity index (χ3v) is 2.48. The number of hydrogen-bond donors (Lipinski definition) is 2. The minimum absolute atomic E-state index is 0.0169. The van der Waals surface area contributed by atoms with Gasteiger partial charge in [-0.25, -0.2) is 9.97 Å². The van der Waals surface area contributed by atoms with E-state index < -0.39 is 12.0 Å². The van der Waals surface area contributed by atoms with Crippen LogP contribution < -0.4 is 11.1 Å². The molecule has 0 saturated carbocycles. The summed E-state index contributed by atoms with van der Waals surface area (Å²) in [6, 6.07) is 2.96. The van der Waals surface area contributed by atoms with Gasteiger partial charge < -0.3 is 11.1 Å². The molecule has 2 aromatic rings. The summed E-state index contributed by atoms with van der Waals surface area (Å²) in [4.78, 5) is 6.50. The Morgan fingerprint density at radius 1 is 1.29 bits per heavy atom. The first-order valence-corrected chi connectivity index (χ1v) is 5.40. The maximum absolute atomic E-state index is 12.4. The van der Waals surface area contributed by atoms with Crippen LogP contribution in [-0.4, -0.2) is 9.97 Å². The van der Waals surface area contributed by atoms with Crippen molar-refractivity contribution in [3.05, 3.63) is 28.7 Å². The van der Waals surface area contributed by atoms with Crippen molar-refractivity contribution in [2.24, 2.45) is 0 Å². The molecule has 90 valence electrons. The normalized spacial score (nSPS) is 11.5. The van der Waals surface area contributed by atoms with E-state index in [1.807, 2.05) is 0 Å². The molecule has 3 N–H and O–H groups in total. The highest BCUT2D eigenvalue weighted by Crippen LogP contribution is 2.28. The highest BCUT2D eigenvalue weighted by atomic mass is 32.1. The van der Waals surface area contributed by atoms with Gasteiger partial charge in [0.1, 0.15) is 11.6 Å². The third-order valence-electron chi connectivity index (χ3n) is 1.79. The highest BCUT2D eigenvalue weighted by molar-refractivity contribution is 7.08. The van der Waals surface area contributed by atoms with Gasteiger partial charge in [-0.1, -0.05) is 0 Å². The van der Waals surface area contributed by atoms with Crippen LogP contribution in [0.3, 0.4) is 0 Å². The molecule has 0 aromatic carbocycles. The first-order valence-electron chi connectivity index (χ1n) is 4.46. The number of alkyl halides is 3. The molecular formula is C9H7F3N4S. The Morgan fingerprint density at radius 2 is 2.06 bits per heavy atom. The highest BCUT2D eigenvalue weighted by Gasteiger charge is 2.35. The lowest BCUT2D eigenvalue weighted by Gasteiger charge is -2.08. The van der Waals surface area contributed by atoms with Crippen LogP contribution in [0.15, 0.2) is 22.9 Å². The van der Waals surface area contributed by atoms with Crippen molar-refractivity contribution in [1.29, 1.82) is 0 Å². The molecule has 0 bridgehead atoms. The lowest BCUT2D eigenvalue weighted by atomic mass is 10.4. The van der Waals surface area contributed by atoms with E-state index >= 15 is 0 Å². The number of rotatable bonds is 2. The maximum atomic E-state index is 12.4. The van der Waals surface area contributed by atoms with E-state index in [4.69, 9.17) is 5.73 Å². The summed E-state index contributed by atoms with van der Waals surface area (Å²) >= 11 is 1.41. The standard InChI is InChI=1S/C9H7F3N4S/c10-9(11,12)8-15-6(13)3-7(16-8)14-5-1-2-17-4-5/h1-4H,(H3,13,14,15,16). The largest absolute Gasteiger partial charge is 0.451 e. The molecule has 4 nitrogen and oxygen atoms in total. The topological polar surface area (TPSA) is 63.8 Å². The van der Waals surface area contributed by atoms with Crippen molar-refractivity contribution in [1.82, 2.24) is 9.97 Å². The summed E-state index contributed by atoms with van der Waals surface area (Å²) in [5, 5.41) is 6.25. The van der Waals surface area contributed by atoms with Crippen LogP contribution in [0.5, 0.6) is 0 Å². The summed E-state index contributed by atoms with van der Waals surface area (Å²) in [5.74, 6) is -1.47. The smallest absolute Gasteiger partial charge is 0.384 e. The first kappa shape index (κ1) is 11.6. The number of nitrogens with zero attached hydrogens (tertiary/aromatic N) is 2. The van der Waals surface area contributed by atoms with Crippen LogP contribution in [0.25, 0.3) is 0 Å². The van der Waals surface area contributed by atoms with Gasteiger partial charge in [0.2, 0.25) is 5.82 Å². The zero-order valence-electron chi connectivity index (χ0n) is 8.32. The Labute approximate surface area is 98.3 Å². The van der Waals surface area contributed by atoms with E-state index in [9.17, 15) is 13.2 Å². The minimum atomic E-state index is -4.61. The van der Waals surface area contributed by atoms with Gasteiger partial charge in [-0.2, -0.15) is 24.5 Å². The second kappa shape index (κ2) is 4.21. The number of hydrogen-bond acceptors (Lipinski definition) is 5. The van der Waals surface area contributed by atoms with Crippen molar-refractivity contribution in [3.63, 3.8) is 0 Å². The van der Waals surface area contributed by atoms with Gasteiger partial charge in [0.15, 0.2) is 0 Å². The van der Waals surface area contributed by atoms with E-state index in [0.717, 1.165) is 0 Å². The monoisotopic (exact) mass is 260 g/mol. The van der Waals surface area contributed by atoms with Crippen molar-refractivity contribution in [3.8, 4) is 0 Å². The predicted molar refractivity (Wildman–Crippen MR) is 59.0 cm³/mol. The molecule has 0 atom stereocenters. The van der Waals surface area contributed by atoms with E-state index in [2.05, 4.69) is 15.3 Å². The fourth-order valence-electron chi connectivity index (χ4n) is 1.14. The lowest BCUT2D eigenvalue weighted by Crippen LogP contribution is -2.13. The zero-order valence-corrected chi connectivity index (χ0v) is 9.14. The number of nitrogens with one attached hydrogen (secondary N) is 1. The summed E-state index contributed by atoms with van der Waals surface area (Å²) in [6.45, 7) is 0. The van der Waals surface area contributed by atoms with Crippen LogP contribution in [0.1, 0.15) is 5.82 Å². The van der Waals surface area contributed by atoms with Gasteiger partial charge >= 0.3 is 6.18 Å². The molecule has 0 aliphatic rings. The van der Waals surface area contributed by atoms with E-state index in [1.165, 1.54) is 17.4 Å². The van der Waals surface area contributed by atoms with Gasteiger partial charge in [0, 0.05) is 11.4 Å². The van der Waals surface area contributed by atoms with E-state index in [1.54, 1.807) is 16.8 Å². The van der Waals surface area contributed by atoms with Crippen LogP contribution in [0.4, 0.5) is 30.5 Å². The molecule has 2 rings (SSSR count). The number of anilines is 3. The molecule has 8 heteroatoms. The molecule has 0 radical (unpaired) electrons. The molecule has 17 heavy (non-hydrogen) atoms. The van der Waals surface area contributed by atoms with Crippen molar-refractivity contribution < 1.29 is 13.2 Å². The third kappa shape index (κ3) is 2.84. The molecule has 0 spiro atoms. The van der Waals surface area contributed by atoms with Gasteiger partial charge in [-0.05, 0) is 11.4 Å². The Balaban J connectivity index is 2.32. The summed E-state index contributed by atoms with van der Waals surface area (Å²) in [7, 11) is 0. The molecule has 0 fully saturated rings. The van der Waals surface area contributed by atoms with Gasteiger partial charge in [-0.3, -0.25) is 0 Å². The molecule has 0 aliphatic carbocycles. The van der Waals surface area contributed by atoms with Crippen LogP contribution in [0.2, 0.25) is 0 Å². The second-order valence-corrected chi connectivity index (χ2v) is 3.92. The number of aromatic nitrogens is 2. The van der Waals surface area contributed by atoms with Crippen LogP contribution in [-0.2, 0) is 6.18 Å². The summed E-state index contributed by atoms with van der Waals surface area (Å²) in [5.41, 5.74) is 5.95. The lowest BCUT2D eigenvalue weighted by molar-refractivity contribution is -0.144. The Bertz CT molecular complexity index is 509. The van der Waals surface area contributed by atoms with Gasteiger partial charge in [-0.15, -0.1) is 0 Å². The molecule has 0 amide bonds. The van der Waals surface area contributed by atoms with Gasteiger partial charge in [0.25, 0.3) is 0 Å². The van der Waals surface area contributed by atoms with Crippen LogP contribution >= 0.6 is 11.3 Å². The SMILES string of the molecule is Nc1cc(Nc2ccsc2)nc(C(F)(F)F)n1.